The maximum absolute atomic E-state index is 13.0. The molecule has 0 bridgehead atoms. The highest BCUT2D eigenvalue weighted by Gasteiger charge is 2.35. The lowest BCUT2D eigenvalue weighted by Crippen LogP contribution is -2.32. The van der Waals surface area contributed by atoms with Gasteiger partial charge in [-0.3, -0.25) is 14.3 Å². The van der Waals surface area contributed by atoms with Crippen LogP contribution in [-0.2, 0) is 22.3 Å². The van der Waals surface area contributed by atoms with E-state index in [0.29, 0.717) is 31.5 Å². The molecule has 2 amide bonds. The van der Waals surface area contributed by atoms with E-state index in [-0.39, 0.29) is 30.8 Å². The first-order valence-electron chi connectivity index (χ1n) is 8.83. The number of hydrogen-bond acceptors (Lipinski definition) is 3. The normalized spacial score (nSPS) is 16.2. The number of alkyl halides is 3. The van der Waals surface area contributed by atoms with E-state index in [4.69, 9.17) is 0 Å². The Kier molecular flexibility index (Phi) is 6.66. The summed E-state index contributed by atoms with van der Waals surface area (Å²) >= 11 is 0. The Morgan fingerprint density at radius 1 is 1.42 bits per heavy atom. The van der Waals surface area contributed by atoms with Gasteiger partial charge in [0.1, 0.15) is 5.69 Å². The van der Waals surface area contributed by atoms with Gasteiger partial charge in [-0.1, -0.05) is 6.92 Å². The number of nitrogens with one attached hydrogen (secondary N) is 1. The SMILES string of the molecule is Cc1cc(C(F)(F)F)n(CC(C)CNC(=O)CCCN2CCCC2=O)n1. The summed E-state index contributed by atoms with van der Waals surface area (Å²) in [6, 6.07) is 1.02. The highest BCUT2D eigenvalue weighted by Crippen LogP contribution is 2.30. The second kappa shape index (κ2) is 8.55. The maximum Gasteiger partial charge on any atom is 0.433 e. The number of amides is 2. The van der Waals surface area contributed by atoms with Crippen LogP contribution in [0.1, 0.15) is 44.0 Å². The van der Waals surface area contributed by atoms with Crippen molar-refractivity contribution in [3.8, 4) is 0 Å². The smallest absolute Gasteiger partial charge is 0.356 e. The highest BCUT2D eigenvalue weighted by molar-refractivity contribution is 5.78. The summed E-state index contributed by atoms with van der Waals surface area (Å²) in [6.45, 7) is 4.96. The van der Waals surface area contributed by atoms with Crippen LogP contribution in [0.5, 0.6) is 0 Å². The van der Waals surface area contributed by atoms with Crippen molar-refractivity contribution in [1.29, 1.82) is 0 Å². The quantitative estimate of drug-likeness (QED) is 0.760. The zero-order chi connectivity index (χ0) is 19.3. The van der Waals surface area contributed by atoms with Gasteiger partial charge in [-0.2, -0.15) is 18.3 Å². The number of carbonyl (C=O) groups is 2. The lowest BCUT2D eigenvalue weighted by molar-refractivity contribution is -0.144. The first kappa shape index (κ1) is 20.3. The molecule has 2 heterocycles. The van der Waals surface area contributed by atoms with Gasteiger partial charge in [0, 0.05) is 39.0 Å². The van der Waals surface area contributed by atoms with Gasteiger partial charge in [0.25, 0.3) is 0 Å². The standard InChI is InChI=1S/C17H25F3N4O2/c1-12(11-24-14(17(18,19)20)9-13(2)22-24)10-21-15(25)5-3-7-23-8-4-6-16(23)26/h9,12H,3-8,10-11H2,1-2H3,(H,21,25). The largest absolute Gasteiger partial charge is 0.433 e. The third kappa shape index (κ3) is 5.74. The molecule has 146 valence electrons. The van der Waals surface area contributed by atoms with E-state index in [1.165, 1.54) is 6.92 Å². The molecule has 1 aromatic rings. The minimum atomic E-state index is -4.45. The maximum atomic E-state index is 13.0. The predicted octanol–water partition coefficient (Wildman–Crippen LogP) is 2.37. The average molecular weight is 374 g/mol. The first-order chi connectivity index (χ1) is 12.2. The van der Waals surface area contributed by atoms with Gasteiger partial charge in [0.15, 0.2) is 0 Å². The van der Waals surface area contributed by atoms with Crippen molar-refractivity contribution in [3.05, 3.63) is 17.5 Å². The third-order valence-electron chi connectivity index (χ3n) is 4.33. The van der Waals surface area contributed by atoms with Crippen LogP contribution >= 0.6 is 0 Å². The number of aryl methyl sites for hydroxylation is 1. The number of rotatable bonds is 8. The number of halogens is 3. The van der Waals surface area contributed by atoms with E-state index < -0.39 is 11.9 Å². The molecule has 2 rings (SSSR count). The molecule has 1 aliphatic rings. The van der Waals surface area contributed by atoms with Crippen molar-refractivity contribution in [2.75, 3.05) is 19.6 Å². The summed E-state index contributed by atoms with van der Waals surface area (Å²) in [6.07, 6.45) is -2.11. The fourth-order valence-electron chi connectivity index (χ4n) is 3.02. The van der Waals surface area contributed by atoms with Gasteiger partial charge in [-0.25, -0.2) is 0 Å². The van der Waals surface area contributed by atoms with Gasteiger partial charge in [-0.15, -0.1) is 0 Å². The molecule has 0 aliphatic carbocycles. The van der Waals surface area contributed by atoms with Gasteiger partial charge in [0.2, 0.25) is 11.8 Å². The van der Waals surface area contributed by atoms with E-state index >= 15 is 0 Å². The van der Waals surface area contributed by atoms with E-state index in [1.807, 2.05) is 0 Å². The van der Waals surface area contributed by atoms with Crippen molar-refractivity contribution >= 4 is 11.8 Å². The molecule has 0 radical (unpaired) electrons. The molecular weight excluding hydrogens is 349 g/mol. The van der Waals surface area contributed by atoms with Gasteiger partial charge >= 0.3 is 6.18 Å². The Balaban J connectivity index is 1.72. The van der Waals surface area contributed by atoms with Crippen LogP contribution in [0.15, 0.2) is 6.07 Å². The molecule has 0 saturated carbocycles. The summed E-state index contributed by atoms with van der Waals surface area (Å²) in [5, 5.41) is 6.63. The van der Waals surface area contributed by atoms with E-state index in [1.54, 1.807) is 11.8 Å². The fraction of sp³-hybridized carbons (Fsp3) is 0.706. The second-order valence-corrected chi connectivity index (χ2v) is 6.85. The molecule has 1 aromatic heterocycles. The highest BCUT2D eigenvalue weighted by atomic mass is 19.4. The van der Waals surface area contributed by atoms with Crippen molar-refractivity contribution in [2.24, 2.45) is 5.92 Å². The van der Waals surface area contributed by atoms with E-state index in [2.05, 4.69) is 10.4 Å². The topological polar surface area (TPSA) is 67.2 Å². The summed E-state index contributed by atoms with van der Waals surface area (Å²) in [5.74, 6) is -0.218. The molecule has 1 aliphatic heterocycles. The molecule has 9 heteroatoms. The Hall–Kier alpha value is -2.06. The molecule has 6 nitrogen and oxygen atoms in total. The first-order valence-corrected chi connectivity index (χ1v) is 8.83. The van der Waals surface area contributed by atoms with Gasteiger partial charge < -0.3 is 10.2 Å². The fourth-order valence-corrected chi connectivity index (χ4v) is 3.02. The van der Waals surface area contributed by atoms with Crippen LogP contribution in [-0.4, -0.2) is 46.1 Å². The monoisotopic (exact) mass is 374 g/mol. The molecule has 1 N–H and O–H groups in total. The molecule has 0 aromatic carbocycles. The van der Waals surface area contributed by atoms with E-state index in [0.717, 1.165) is 23.7 Å². The Morgan fingerprint density at radius 3 is 2.77 bits per heavy atom. The summed E-state index contributed by atoms with van der Waals surface area (Å²) in [7, 11) is 0. The lowest BCUT2D eigenvalue weighted by atomic mass is 10.1. The number of hydrogen-bond donors (Lipinski definition) is 1. The average Bonchev–Trinajstić information content (AvgIpc) is 3.11. The van der Waals surface area contributed by atoms with Crippen molar-refractivity contribution in [3.63, 3.8) is 0 Å². The van der Waals surface area contributed by atoms with Crippen LogP contribution in [0, 0.1) is 12.8 Å². The molecule has 0 spiro atoms. The van der Waals surface area contributed by atoms with E-state index in [9.17, 15) is 22.8 Å². The summed E-state index contributed by atoms with van der Waals surface area (Å²) in [5.41, 5.74) is -0.464. The molecular formula is C17H25F3N4O2. The molecule has 1 atom stereocenters. The zero-order valence-electron chi connectivity index (χ0n) is 15.1. The zero-order valence-corrected chi connectivity index (χ0v) is 15.1. The molecule has 1 saturated heterocycles. The number of likely N-dealkylation sites (tertiary alicyclic amines) is 1. The third-order valence-corrected chi connectivity index (χ3v) is 4.33. The molecule has 26 heavy (non-hydrogen) atoms. The Labute approximate surface area is 150 Å². The number of nitrogens with zero attached hydrogens (tertiary/aromatic N) is 3. The number of aromatic nitrogens is 2. The van der Waals surface area contributed by atoms with Crippen LogP contribution in [0.2, 0.25) is 0 Å². The predicted molar refractivity (Wildman–Crippen MR) is 89.2 cm³/mol. The minimum absolute atomic E-state index is 0.0746. The number of carbonyl (C=O) groups excluding carboxylic acids is 2. The van der Waals surface area contributed by atoms with Gasteiger partial charge in [0.05, 0.1) is 5.69 Å². The summed E-state index contributed by atoms with van der Waals surface area (Å²) < 4.78 is 39.8. The lowest BCUT2D eigenvalue weighted by Gasteiger charge is -2.17. The minimum Gasteiger partial charge on any atom is -0.356 e. The van der Waals surface area contributed by atoms with Crippen molar-refractivity contribution in [1.82, 2.24) is 20.0 Å². The van der Waals surface area contributed by atoms with Crippen molar-refractivity contribution in [2.45, 2.75) is 52.3 Å². The van der Waals surface area contributed by atoms with Crippen LogP contribution in [0.25, 0.3) is 0 Å². The summed E-state index contributed by atoms with van der Waals surface area (Å²) in [4.78, 5) is 25.1. The van der Waals surface area contributed by atoms with Crippen LogP contribution in [0.4, 0.5) is 13.2 Å². The van der Waals surface area contributed by atoms with Gasteiger partial charge in [-0.05, 0) is 31.7 Å². The second-order valence-electron chi connectivity index (χ2n) is 6.85. The Morgan fingerprint density at radius 2 is 2.15 bits per heavy atom. The van der Waals surface area contributed by atoms with Crippen molar-refractivity contribution < 1.29 is 22.8 Å². The van der Waals surface area contributed by atoms with Crippen LogP contribution < -0.4 is 5.32 Å². The van der Waals surface area contributed by atoms with Crippen LogP contribution in [0.3, 0.4) is 0 Å². The Bertz CT molecular complexity index is 642. The molecule has 1 unspecified atom stereocenters. The molecule has 1 fully saturated rings.